The second-order valence-corrected chi connectivity index (χ2v) is 8.58. The number of nitrogens with zero attached hydrogens (tertiary/aromatic N) is 4. The van der Waals surface area contributed by atoms with E-state index in [1.165, 1.54) is 11.8 Å². The maximum atomic E-state index is 12.9. The number of carbonyl (C=O) groups is 2. The third-order valence-electron chi connectivity index (χ3n) is 5.21. The van der Waals surface area contributed by atoms with Gasteiger partial charge in [-0.2, -0.15) is 4.98 Å². The van der Waals surface area contributed by atoms with Gasteiger partial charge in [-0.3, -0.25) is 9.59 Å². The first-order valence-corrected chi connectivity index (χ1v) is 11.3. The number of aryl methyl sites for hydroxylation is 1. The Morgan fingerprint density at radius 1 is 1.28 bits per heavy atom. The monoisotopic (exact) mass is 452 g/mol. The molecule has 0 spiro atoms. The molecule has 0 bridgehead atoms. The number of carbonyl (C=O) groups excluding carboxylic acids is 2. The number of nitrogens with one attached hydrogen (secondary N) is 1. The lowest BCUT2D eigenvalue weighted by Gasteiger charge is -2.32. The smallest absolute Gasteiger partial charge is 0.256 e. The Morgan fingerprint density at radius 2 is 2.12 bits per heavy atom. The third kappa shape index (κ3) is 5.25. The fourth-order valence-corrected chi connectivity index (χ4v) is 4.47. The molecule has 10 heteroatoms. The summed E-state index contributed by atoms with van der Waals surface area (Å²) < 4.78 is 5.14. The Kier molecular flexibility index (Phi) is 6.69. The molecule has 1 fully saturated rings. The van der Waals surface area contributed by atoms with Gasteiger partial charge in [0.25, 0.3) is 5.91 Å². The molecule has 9 nitrogen and oxygen atoms in total. The summed E-state index contributed by atoms with van der Waals surface area (Å²) in [6.45, 7) is 3.16. The maximum Gasteiger partial charge on any atom is 0.256 e. The quantitative estimate of drug-likeness (QED) is 0.524. The van der Waals surface area contributed by atoms with Gasteiger partial charge >= 0.3 is 0 Å². The number of piperidine rings is 1. The van der Waals surface area contributed by atoms with Gasteiger partial charge in [0.2, 0.25) is 11.8 Å². The molecular weight excluding hydrogens is 428 g/mol. The Labute approximate surface area is 189 Å². The number of amides is 2. The number of nitrogens with two attached hydrogens (primary N) is 1. The van der Waals surface area contributed by atoms with E-state index in [0.717, 1.165) is 30.1 Å². The van der Waals surface area contributed by atoms with E-state index in [1.54, 1.807) is 19.2 Å². The summed E-state index contributed by atoms with van der Waals surface area (Å²) >= 11 is 1.46. The molecule has 1 atom stereocenters. The first-order chi connectivity index (χ1) is 15.5. The van der Waals surface area contributed by atoms with E-state index in [-0.39, 0.29) is 17.7 Å². The Balaban J connectivity index is 1.40. The summed E-state index contributed by atoms with van der Waals surface area (Å²) in [6.07, 6.45) is 3.33. The minimum Gasteiger partial charge on any atom is -0.369 e. The first-order valence-electron chi connectivity index (χ1n) is 10.3. The lowest BCUT2D eigenvalue weighted by molar-refractivity contribution is -0.122. The number of rotatable bonds is 7. The van der Waals surface area contributed by atoms with Crippen molar-refractivity contribution in [3.8, 4) is 0 Å². The van der Waals surface area contributed by atoms with E-state index in [4.69, 9.17) is 10.3 Å². The molecule has 1 unspecified atom stereocenters. The molecule has 166 valence electrons. The summed E-state index contributed by atoms with van der Waals surface area (Å²) in [5.41, 5.74) is 6.61. The van der Waals surface area contributed by atoms with Crippen molar-refractivity contribution in [2.24, 2.45) is 11.7 Å². The van der Waals surface area contributed by atoms with Crippen molar-refractivity contribution in [2.45, 2.75) is 30.4 Å². The molecular formula is C22H24N6O3S. The highest BCUT2D eigenvalue weighted by Gasteiger charge is 2.24. The third-order valence-corrected chi connectivity index (χ3v) is 6.26. The molecule has 3 N–H and O–H groups in total. The van der Waals surface area contributed by atoms with E-state index in [9.17, 15) is 9.59 Å². The molecule has 1 aliphatic rings. The van der Waals surface area contributed by atoms with Crippen LogP contribution in [0.3, 0.4) is 0 Å². The highest BCUT2D eigenvalue weighted by Crippen LogP contribution is 2.27. The summed E-state index contributed by atoms with van der Waals surface area (Å²) in [4.78, 5) is 35.9. The second-order valence-electron chi connectivity index (χ2n) is 7.57. The number of thioether (sulfide) groups is 1. The van der Waals surface area contributed by atoms with Gasteiger partial charge in [-0.05, 0) is 44.0 Å². The van der Waals surface area contributed by atoms with Crippen LogP contribution in [0.25, 0.3) is 0 Å². The fourth-order valence-electron chi connectivity index (χ4n) is 3.58. The Hall–Kier alpha value is -3.40. The van der Waals surface area contributed by atoms with Crippen LogP contribution in [0.2, 0.25) is 0 Å². The van der Waals surface area contributed by atoms with Crippen LogP contribution in [0.1, 0.15) is 34.9 Å². The molecule has 32 heavy (non-hydrogen) atoms. The highest BCUT2D eigenvalue weighted by molar-refractivity contribution is 7.98. The average molecular weight is 453 g/mol. The van der Waals surface area contributed by atoms with Crippen LogP contribution >= 0.6 is 11.8 Å². The lowest BCUT2D eigenvalue weighted by atomic mass is 9.97. The molecule has 1 aliphatic heterocycles. The van der Waals surface area contributed by atoms with Gasteiger partial charge in [0, 0.05) is 18.0 Å². The first kappa shape index (κ1) is 21.8. The van der Waals surface area contributed by atoms with Gasteiger partial charge in [0.15, 0.2) is 5.82 Å². The average Bonchev–Trinajstić information content (AvgIpc) is 3.23. The van der Waals surface area contributed by atoms with Crippen molar-refractivity contribution in [1.29, 1.82) is 0 Å². The maximum absolute atomic E-state index is 12.9. The molecule has 2 amide bonds. The number of hydrogen-bond donors (Lipinski definition) is 2. The predicted octanol–water partition coefficient (Wildman–Crippen LogP) is 3.02. The lowest BCUT2D eigenvalue weighted by Crippen LogP contribution is -2.41. The minimum absolute atomic E-state index is 0.157. The Morgan fingerprint density at radius 3 is 2.84 bits per heavy atom. The van der Waals surface area contributed by atoms with Crippen molar-refractivity contribution in [3.63, 3.8) is 0 Å². The molecule has 1 saturated heterocycles. The number of hydrogen-bond acceptors (Lipinski definition) is 8. The molecule has 2 aromatic heterocycles. The van der Waals surface area contributed by atoms with E-state index >= 15 is 0 Å². The van der Waals surface area contributed by atoms with Gasteiger partial charge in [-0.25, -0.2) is 4.98 Å². The SMILES string of the molecule is Cc1noc(CSc2ccccc2C(=O)Nc2ccc(N3CCCC(C(N)=O)C3)nc2)n1. The highest BCUT2D eigenvalue weighted by atomic mass is 32.2. The minimum atomic E-state index is -0.274. The molecule has 1 aromatic carbocycles. The number of pyridine rings is 1. The van der Waals surface area contributed by atoms with Crippen LogP contribution < -0.4 is 16.0 Å². The molecule has 4 rings (SSSR count). The largest absolute Gasteiger partial charge is 0.369 e. The van der Waals surface area contributed by atoms with Crippen molar-refractivity contribution >= 4 is 35.1 Å². The van der Waals surface area contributed by atoms with E-state index in [0.29, 0.717) is 35.3 Å². The van der Waals surface area contributed by atoms with E-state index in [2.05, 4.69) is 25.3 Å². The number of benzene rings is 1. The molecule has 3 aromatic rings. The number of primary amides is 1. The number of aromatic nitrogens is 3. The Bertz CT molecular complexity index is 1100. The van der Waals surface area contributed by atoms with Crippen LogP contribution in [-0.4, -0.2) is 40.0 Å². The topological polar surface area (TPSA) is 127 Å². The van der Waals surface area contributed by atoms with Crippen LogP contribution in [-0.2, 0) is 10.5 Å². The van der Waals surface area contributed by atoms with Crippen LogP contribution in [0.4, 0.5) is 11.5 Å². The summed E-state index contributed by atoms with van der Waals surface area (Å²) in [7, 11) is 0. The second kappa shape index (κ2) is 9.82. The van der Waals surface area contributed by atoms with Gasteiger partial charge in [-0.1, -0.05) is 17.3 Å². The van der Waals surface area contributed by atoms with Gasteiger partial charge in [0.05, 0.1) is 29.1 Å². The van der Waals surface area contributed by atoms with Crippen molar-refractivity contribution in [1.82, 2.24) is 15.1 Å². The van der Waals surface area contributed by atoms with Gasteiger partial charge in [-0.15, -0.1) is 11.8 Å². The normalized spacial score (nSPS) is 16.0. The fraction of sp³-hybridized carbons (Fsp3) is 0.318. The summed E-state index contributed by atoms with van der Waals surface area (Å²) in [6, 6.07) is 11.0. The summed E-state index contributed by atoms with van der Waals surface area (Å²) in [5, 5.41) is 6.68. The molecule has 0 saturated carbocycles. The van der Waals surface area contributed by atoms with Crippen LogP contribution in [0, 0.1) is 12.8 Å². The zero-order valence-corrected chi connectivity index (χ0v) is 18.5. The molecule has 3 heterocycles. The molecule has 0 radical (unpaired) electrons. The summed E-state index contributed by atoms with van der Waals surface area (Å²) in [5.74, 6) is 1.68. The van der Waals surface area contributed by atoms with Gasteiger partial charge < -0.3 is 20.5 Å². The zero-order valence-electron chi connectivity index (χ0n) is 17.7. The van der Waals surface area contributed by atoms with Crippen molar-refractivity contribution < 1.29 is 14.1 Å². The predicted molar refractivity (Wildman–Crippen MR) is 121 cm³/mol. The van der Waals surface area contributed by atoms with Gasteiger partial charge in [0.1, 0.15) is 5.82 Å². The zero-order chi connectivity index (χ0) is 22.5. The van der Waals surface area contributed by atoms with E-state index in [1.807, 2.05) is 30.3 Å². The van der Waals surface area contributed by atoms with Crippen LogP contribution in [0.15, 0.2) is 52.0 Å². The van der Waals surface area contributed by atoms with Crippen molar-refractivity contribution in [2.75, 3.05) is 23.3 Å². The standard InChI is InChI=1S/C22H24N6O3S/c1-14-25-20(31-27-14)13-32-18-7-3-2-6-17(18)22(30)26-16-8-9-19(24-11-16)28-10-4-5-15(12-28)21(23)29/h2-3,6-9,11,15H,4-5,10,12-13H2,1H3,(H2,23,29)(H,26,30). The van der Waals surface area contributed by atoms with Crippen molar-refractivity contribution in [3.05, 3.63) is 59.9 Å². The molecule has 0 aliphatic carbocycles. The van der Waals surface area contributed by atoms with E-state index < -0.39 is 0 Å². The van der Waals surface area contributed by atoms with Crippen LogP contribution in [0.5, 0.6) is 0 Å². The number of anilines is 2.